The van der Waals surface area contributed by atoms with Crippen LogP contribution in [0.4, 0.5) is 24.5 Å². The van der Waals surface area contributed by atoms with Crippen LogP contribution in [0.3, 0.4) is 0 Å². The highest BCUT2D eigenvalue weighted by Gasteiger charge is 2.30. The minimum absolute atomic E-state index is 0.0853. The van der Waals surface area contributed by atoms with E-state index in [1.54, 1.807) is 0 Å². The van der Waals surface area contributed by atoms with Crippen molar-refractivity contribution in [3.05, 3.63) is 23.8 Å². The van der Waals surface area contributed by atoms with Crippen LogP contribution in [-0.4, -0.2) is 43.8 Å². The van der Waals surface area contributed by atoms with Gasteiger partial charge >= 0.3 is 6.18 Å². The molecule has 0 aromatic heterocycles. The number of alkyl halides is 3. The summed E-state index contributed by atoms with van der Waals surface area (Å²) in [6.45, 7) is 5.95. The van der Waals surface area contributed by atoms with Gasteiger partial charge in [-0.1, -0.05) is 0 Å². The third kappa shape index (κ3) is 4.50. The lowest BCUT2D eigenvalue weighted by atomic mass is 10.1. The maximum atomic E-state index is 12.6. The Hall–Kier alpha value is -1.47. The summed E-state index contributed by atoms with van der Waals surface area (Å²) in [6.07, 6.45) is -4.37. The summed E-state index contributed by atoms with van der Waals surface area (Å²) < 4.78 is 43.0. The monoisotopic (exact) mass is 303 g/mol. The summed E-state index contributed by atoms with van der Waals surface area (Å²) in [5.74, 6) is 0. The van der Waals surface area contributed by atoms with E-state index in [1.165, 1.54) is 6.07 Å². The molecule has 0 spiro atoms. The van der Waals surface area contributed by atoms with Gasteiger partial charge in [0.2, 0.25) is 0 Å². The molecule has 1 aliphatic heterocycles. The van der Waals surface area contributed by atoms with Gasteiger partial charge in [-0.2, -0.15) is 13.2 Å². The molecule has 1 saturated heterocycles. The van der Waals surface area contributed by atoms with Crippen molar-refractivity contribution in [2.75, 3.05) is 43.9 Å². The summed E-state index contributed by atoms with van der Waals surface area (Å²) in [5.41, 5.74) is 5.61. The summed E-state index contributed by atoms with van der Waals surface area (Å²) in [6, 6.07) is 3.47. The molecule has 0 bridgehead atoms. The Kier molecular flexibility index (Phi) is 4.95. The normalized spacial score (nSPS) is 18.5. The fourth-order valence-corrected chi connectivity index (χ4v) is 2.35. The largest absolute Gasteiger partial charge is 0.416 e. The quantitative estimate of drug-likeness (QED) is 0.839. The van der Waals surface area contributed by atoms with Gasteiger partial charge in [-0.15, -0.1) is 0 Å². The van der Waals surface area contributed by atoms with Crippen molar-refractivity contribution in [3.8, 4) is 0 Å². The van der Waals surface area contributed by atoms with Crippen LogP contribution in [0.2, 0.25) is 0 Å². The third-order valence-electron chi connectivity index (χ3n) is 3.42. The lowest BCUT2D eigenvalue weighted by molar-refractivity contribution is -0.137. The predicted molar refractivity (Wildman–Crippen MR) is 76.2 cm³/mol. The SMILES string of the molecule is CC(CN1CCOCC1)Nc1ccc(C(F)(F)F)cc1N. The van der Waals surface area contributed by atoms with Gasteiger partial charge in [0, 0.05) is 25.7 Å². The number of nitrogen functional groups attached to an aromatic ring is 1. The molecule has 1 heterocycles. The minimum Gasteiger partial charge on any atom is -0.397 e. The van der Waals surface area contributed by atoms with Crippen molar-refractivity contribution in [3.63, 3.8) is 0 Å². The maximum absolute atomic E-state index is 12.6. The van der Waals surface area contributed by atoms with Crippen molar-refractivity contribution >= 4 is 11.4 Å². The second-order valence-corrected chi connectivity index (χ2v) is 5.26. The second-order valence-electron chi connectivity index (χ2n) is 5.26. The molecule has 3 N–H and O–H groups in total. The number of nitrogens with zero attached hydrogens (tertiary/aromatic N) is 1. The molecule has 1 atom stereocenters. The number of nitrogens with one attached hydrogen (secondary N) is 1. The molecule has 21 heavy (non-hydrogen) atoms. The number of halogens is 3. The molecule has 0 radical (unpaired) electrons. The first-order valence-electron chi connectivity index (χ1n) is 6.89. The first-order valence-corrected chi connectivity index (χ1v) is 6.89. The first kappa shape index (κ1) is 15.9. The van der Waals surface area contributed by atoms with Crippen LogP contribution in [0.5, 0.6) is 0 Å². The standard InChI is InChI=1S/C14H20F3N3O/c1-10(9-20-4-6-21-7-5-20)19-13-3-2-11(8-12(13)18)14(15,16)17/h2-3,8,10,19H,4-7,9,18H2,1H3. The van der Waals surface area contributed by atoms with Gasteiger partial charge in [-0.25, -0.2) is 0 Å². The first-order chi connectivity index (χ1) is 9.86. The number of hydrogen-bond acceptors (Lipinski definition) is 4. The smallest absolute Gasteiger partial charge is 0.397 e. The molecule has 1 unspecified atom stereocenters. The number of rotatable bonds is 4. The molecule has 1 aromatic carbocycles. The van der Waals surface area contributed by atoms with Crippen molar-refractivity contribution in [2.45, 2.75) is 19.1 Å². The topological polar surface area (TPSA) is 50.5 Å². The van der Waals surface area contributed by atoms with Gasteiger partial charge in [-0.3, -0.25) is 4.90 Å². The highest BCUT2D eigenvalue weighted by molar-refractivity contribution is 5.67. The average Bonchev–Trinajstić information content (AvgIpc) is 2.41. The molecule has 1 aromatic rings. The molecule has 0 amide bonds. The Morgan fingerprint density at radius 1 is 1.33 bits per heavy atom. The Morgan fingerprint density at radius 3 is 2.57 bits per heavy atom. The number of nitrogens with two attached hydrogens (primary N) is 1. The number of morpholine rings is 1. The molecule has 0 aliphatic carbocycles. The Bertz CT molecular complexity index is 473. The summed E-state index contributed by atoms with van der Waals surface area (Å²) >= 11 is 0. The van der Waals surface area contributed by atoms with E-state index in [2.05, 4.69) is 10.2 Å². The Balaban J connectivity index is 1.95. The molecule has 4 nitrogen and oxygen atoms in total. The predicted octanol–water partition coefficient (Wildman–Crippen LogP) is 2.42. The van der Waals surface area contributed by atoms with Gasteiger partial charge in [0.25, 0.3) is 0 Å². The van der Waals surface area contributed by atoms with Gasteiger partial charge in [0.05, 0.1) is 30.2 Å². The van der Waals surface area contributed by atoms with Crippen LogP contribution >= 0.6 is 0 Å². The van der Waals surface area contributed by atoms with E-state index in [0.29, 0.717) is 5.69 Å². The lowest BCUT2D eigenvalue weighted by Crippen LogP contribution is -2.42. The maximum Gasteiger partial charge on any atom is 0.416 e. The summed E-state index contributed by atoms with van der Waals surface area (Å²) in [7, 11) is 0. The third-order valence-corrected chi connectivity index (χ3v) is 3.42. The number of hydrogen-bond donors (Lipinski definition) is 2. The summed E-state index contributed by atoms with van der Waals surface area (Å²) in [5, 5.41) is 3.16. The molecule has 0 saturated carbocycles. The van der Waals surface area contributed by atoms with Crippen molar-refractivity contribution in [1.82, 2.24) is 4.90 Å². The van der Waals surface area contributed by atoms with E-state index in [9.17, 15) is 13.2 Å². The Morgan fingerprint density at radius 2 is 2.00 bits per heavy atom. The van der Waals surface area contributed by atoms with Gasteiger partial charge < -0.3 is 15.8 Å². The van der Waals surface area contributed by atoms with E-state index in [-0.39, 0.29) is 11.7 Å². The number of benzene rings is 1. The van der Waals surface area contributed by atoms with Crippen LogP contribution in [0.15, 0.2) is 18.2 Å². The van der Waals surface area contributed by atoms with E-state index in [1.807, 2.05) is 6.92 Å². The molecular formula is C14H20F3N3O. The Labute approximate surface area is 122 Å². The number of ether oxygens (including phenoxy) is 1. The zero-order valence-electron chi connectivity index (χ0n) is 11.9. The van der Waals surface area contributed by atoms with Gasteiger partial charge in [-0.05, 0) is 25.1 Å². The van der Waals surface area contributed by atoms with E-state index >= 15 is 0 Å². The zero-order chi connectivity index (χ0) is 15.5. The van der Waals surface area contributed by atoms with E-state index in [0.717, 1.165) is 45.0 Å². The van der Waals surface area contributed by atoms with Crippen molar-refractivity contribution < 1.29 is 17.9 Å². The molecule has 7 heteroatoms. The zero-order valence-corrected chi connectivity index (χ0v) is 11.9. The minimum atomic E-state index is -4.37. The highest BCUT2D eigenvalue weighted by atomic mass is 19.4. The van der Waals surface area contributed by atoms with Gasteiger partial charge in [0.15, 0.2) is 0 Å². The lowest BCUT2D eigenvalue weighted by Gasteiger charge is -2.30. The second kappa shape index (κ2) is 6.53. The van der Waals surface area contributed by atoms with Crippen LogP contribution in [0, 0.1) is 0 Å². The molecule has 2 rings (SSSR count). The van der Waals surface area contributed by atoms with Crippen LogP contribution in [0.1, 0.15) is 12.5 Å². The van der Waals surface area contributed by atoms with Crippen LogP contribution < -0.4 is 11.1 Å². The summed E-state index contributed by atoms with van der Waals surface area (Å²) in [4.78, 5) is 2.25. The fraction of sp³-hybridized carbons (Fsp3) is 0.571. The van der Waals surface area contributed by atoms with Crippen LogP contribution in [0.25, 0.3) is 0 Å². The van der Waals surface area contributed by atoms with E-state index < -0.39 is 11.7 Å². The fourth-order valence-electron chi connectivity index (χ4n) is 2.35. The highest BCUT2D eigenvalue weighted by Crippen LogP contribution is 2.32. The van der Waals surface area contributed by atoms with Gasteiger partial charge in [0.1, 0.15) is 0 Å². The molecule has 1 fully saturated rings. The molecular weight excluding hydrogens is 283 g/mol. The molecule has 1 aliphatic rings. The van der Waals surface area contributed by atoms with Crippen LogP contribution in [-0.2, 0) is 10.9 Å². The molecule has 118 valence electrons. The van der Waals surface area contributed by atoms with Crippen molar-refractivity contribution in [1.29, 1.82) is 0 Å². The van der Waals surface area contributed by atoms with E-state index in [4.69, 9.17) is 10.5 Å². The average molecular weight is 303 g/mol. The van der Waals surface area contributed by atoms with Crippen molar-refractivity contribution in [2.24, 2.45) is 0 Å². The number of anilines is 2.